The molecule has 1 saturated carbocycles. The molecule has 1 amide bonds. The van der Waals surface area contributed by atoms with Crippen molar-refractivity contribution in [3.8, 4) is 0 Å². The summed E-state index contributed by atoms with van der Waals surface area (Å²) in [5.74, 6) is 0.761. The maximum absolute atomic E-state index is 12.3. The topological polar surface area (TPSA) is 110 Å². The number of rotatable bonds is 4. The van der Waals surface area contributed by atoms with Gasteiger partial charge in [0, 0.05) is 0 Å². The Labute approximate surface area is 110 Å². The molecule has 1 aromatic heterocycles. The van der Waals surface area contributed by atoms with Crippen LogP contribution in [0, 0.1) is 11.3 Å². The second kappa shape index (κ2) is 4.60. The zero-order chi connectivity index (χ0) is 13.3. The van der Waals surface area contributed by atoms with Crippen LogP contribution < -0.4 is 11.1 Å². The summed E-state index contributed by atoms with van der Waals surface area (Å²) in [7, 11) is 0. The minimum absolute atomic E-state index is 0.148. The number of thiocarbonyl (C=S) groups is 1. The zero-order valence-electron chi connectivity index (χ0n) is 10.3. The highest BCUT2D eigenvalue weighted by molar-refractivity contribution is 7.80. The van der Waals surface area contributed by atoms with Gasteiger partial charge in [-0.15, -0.1) is 10.2 Å². The molecular formula is C10H16N6OS. The van der Waals surface area contributed by atoms with Crippen molar-refractivity contribution < 1.29 is 4.79 Å². The van der Waals surface area contributed by atoms with Crippen molar-refractivity contribution in [2.45, 2.75) is 32.7 Å². The Morgan fingerprint density at radius 1 is 1.67 bits per heavy atom. The number of aromatic nitrogens is 4. The molecule has 1 unspecified atom stereocenters. The molecule has 7 nitrogen and oxygen atoms in total. The van der Waals surface area contributed by atoms with Gasteiger partial charge in [0.25, 0.3) is 0 Å². The van der Waals surface area contributed by atoms with Crippen molar-refractivity contribution in [1.29, 1.82) is 0 Å². The molecule has 2 rings (SSSR count). The lowest BCUT2D eigenvalue weighted by molar-refractivity contribution is -0.133. The Morgan fingerprint density at radius 2 is 2.33 bits per heavy atom. The zero-order valence-corrected chi connectivity index (χ0v) is 11.1. The lowest BCUT2D eigenvalue weighted by atomic mass is 9.62. The van der Waals surface area contributed by atoms with Crippen LogP contribution in [0.15, 0.2) is 0 Å². The SMILES string of the molecule is CC1CC(C(=O)NC(C)c2nn[nH]n2)(C(N)=S)C1. The van der Waals surface area contributed by atoms with Gasteiger partial charge in [-0.3, -0.25) is 4.79 Å². The maximum Gasteiger partial charge on any atom is 0.233 e. The van der Waals surface area contributed by atoms with E-state index in [1.165, 1.54) is 0 Å². The molecule has 18 heavy (non-hydrogen) atoms. The average molecular weight is 268 g/mol. The number of aromatic amines is 1. The van der Waals surface area contributed by atoms with Crippen molar-refractivity contribution >= 4 is 23.1 Å². The number of carbonyl (C=O) groups is 1. The Morgan fingerprint density at radius 3 is 2.78 bits per heavy atom. The van der Waals surface area contributed by atoms with Gasteiger partial charge in [-0.2, -0.15) is 5.21 Å². The number of nitrogens with zero attached hydrogens (tertiary/aromatic N) is 3. The van der Waals surface area contributed by atoms with Crippen LogP contribution in [0.5, 0.6) is 0 Å². The monoisotopic (exact) mass is 268 g/mol. The normalized spacial score (nSPS) is 28.2. The van der Waals surface area contributed by atoms with E-state index in [4.69, 9.17) is 18.0 Å². The Bertz CT molecular complexity index is 453. The largest absolute Gasteiger partial charge is 0.392 e. The van der Waals surface area contributed by atoms with Gasteiger partial charge in [-0.1, -0.05) is 24.4 Å². The van der Waals surface area contributed by atoms with Gasteiger partial charge in [0.1, 0.15) is 0 Å². The molecule has 1 fully saturated rings. The number of nitrogens with two attached hydrogens (primary N) is 1. The fourth-order valence-electron chi connectivity index (χ4n) is 2.38. The number of tetrazole rings is 1. The molecule has 4 N–H and O–H groups in total. The minimum Gasteiger partial charge on any atom is -0.392 e. The number of carbonyl (C=O) groups excluding carboxylic acids is 1. The fourth-order valence-corrected chi connectivity index (χ4v) is 2.64. The van der Waals surface area contributed by atoms with E-state index >= 15 is 0 Å². The highest BCUT2D eigenvalue weighted by Gasteiger charge is 2.51. The predicted octanol–water partition coefficient (Wildman–Crippen LogP) is 0.0793. The molecule has 0 saturated heterocycles. The van der Waals surface area contributed by atoms with Crippen molar-refractivity contribution in [3.63, 3.8) is 0 Å². The molecule has 1 atom stereocenters. The quantitative estimate of drug-likeness (QED) is 0.667. The summed E-state index contributed by atoms with van der Waals surface area (Å²) in [5, 5.41) is 16.3. The predicted molar refractivity (Wildman–Crippen MR) is 68.4 cm³/mol. The van der Waals surface area contributed by atoms with Gasteiger partial charge in [0.05, 0.1) is 16.4 Å². The third-order valence-electron chi connectivity index (χ3n) is 3.40. The number of nitrogens with one attached hydrogen (secondary N) is 2. The first-order valence-corrected chi connectivity index (χ1v) is 6.21. The van der Waals surface area contributed by atoms with E-state index in [1.807, 2.05) is 0 Å². The van der Waals surface area contributed by atoms with Crippen molar-refractivity contribution in [2.75, 3.05) is 0 Å². The first kappa shape index (κ1) is 12.9. The summed E-state index contributed by atoms with van der Waals surface area (Å²) < 4.78 is 0. The second-order valence-corrected chi connectivity index (χ2v) is 5.36. The van der Waals surface area contributed by atoms with Crippen LogP contribution in [0.1, 0.15) is 38.6 Å². The minimum atomic E-state index is -0.702. The molecule has 1 aliphatic carbocycles. The fraction of sp³-hybridized carbons (Fsp3) is 0.700. The molecule has 0 radical (unpaired) electrons. The van der Waals surface area contributed by atoms with E-state index in [-0.39, 0.29) is 16.9 Å². The van der Waals surface area contributed by atoms with Gasteiger partial charge in [-0.25, -0.2) is 0 Å². The second-order valence-electron chi connectivity index (χ2n) is 4.92. The molecule has 0 aliphatic heterocycles. The number of hydrogen-bond acceptors (Lipinski definition) is 5. The molecule has 1 aromatic rings. The molecule has 1 aliphatic rings. The van der Waals surface area contributed by atoms with Gasteiger partial charge >= 0.3 is 0 Å². The van der Waals surface area contributed by atoms with Crippen LogP contribution in [-0.4, -0.2) is 31.5 Å². The van der Waals surface area contributed by atoms with Crippen molar-refractivity contribution in [1.82, 2.24) is 25.9 Å². The van der Waals surface area contributed by atoms with Gasteiger partial charge in [-0.05, 0) is 25.7 Å². The van der Waals surface area contributed by atoms with Crippen LogP contribution in [0.4, 0.5) is 0 Å². The van der Waals surface area contributed by atoms with E-state index in [9.17, 15) is 4.79 Å². The molecule has 8 heteroatoms. The summed E-state index contributed by atoms with van der Waals surface area (Å²) in [6, 6.07) is -0.321. The summed E-state index contributed by atoms with van der Waals surface area (Å²) >= 11 is 5.03. The van der Waals surface area contributed by atoms with Crippen LogP contribution in [-0.2, 0) is 4.79 Å². The van der Waals surface area contributed by atoms with Crippen LogP contribution in [0.2, 0.25) is 0 Å². The van der Waals surface area contributed by atoms with Gasteiger partial charge < -0.3 is 11.1 Å². The Kier molecular flexibility index (Phi) is 3.29. The average Bonchev–Trinajstić information content (AvgIpc) is 2.76. The molecule has 0 spiro atoms. The van der Waals surface area contributed by atoms with E-state index in [2.05, 4.69) is 32.9 Å². The Hall–Kier alpha value is -1.57. The number of hydrogen-bond donors (Lipinski definition) is 3. The smallest absolute Gasteiger partial charge is 0.233 e. The van der Waals surface area contributed by atoms with Gasteiger partial charge in [0.2, 0.25) is 5.91 Å². The lowest BCUT2D eigenvalue weighted by Crippen LogP contribution is -2.56. The van der Waals surface area contributed by atoms with Crippen molar-refractivity contribution in [3.05, 3.63) is 5.82 Å². The van der Waals surface area contributed by atoms with E-state index in [1.54, 1.807) is 6.92 Å². The number of H-pyrrole nitrogens is 1. The summed E-state index contributed by atoms with van der Waals surface area (Å²) in [4.78, 5) is 12.5. The molecule has 1 heterocycles. The van der Waals surface area contributed by atoms with E-state index < -0.39 is 5.41 Å². The van der Waals surface area contributed by atoms with Crippen LogP contribution in [0.3, 0.4) is 0 Å². The van der Waals surface area contributed by atoms with E-state index in [0.717, 1.165) is 0 Å². The van der Waals surface area contributed by atoms with Crippen LogP contribution >= 0.6 is 12.2 Å². The first-order chi connectivity index (χ1) is 8.45. The highest BCUT2D eigenvalue weighted by Crippen LogP contribution is 2.46. The molecular weight excluding hydrogens is 252 g/mol. The summed E-state index contributed by atoms with van der Waals surface area (Å²) in [6.45, 7) is 3.87. The standard InChI is InChI=1S/C10H16N6OS/c1-5-3-10(4-5,8(11)18)9(17)12-6(2)7-13-15-16-14-7/h5-6H,3-4H2,1-2H3,(H2,11,18)(H,12,17)(H,13,14,15,16). The lowest BCUT2D eigenvalue weighted by Gasteiger charge is -2.44. The van der Waals surface area contributed by atoms with E-state index in [0.29, 0.717) is 24.6 Å². The summed E-state index contributed by atoms with van der Waals surface area (Å²) in [5.41, 5.74) is 5.01. The molecule has 98 valence electrons. The maximum atomic E-state index is 12.3. The van der Waals surface area contributed by atoms with Crippen LogP contribution in [0.25, 0.3) is 0 Å². The molecule has 0 aromatic carbocycles. The van der Waals surface area contributed by atoms with Gasteiger partial charge in [0.15, 0.2) is 5.82 Å². The Balaban J connectivity index is 2.05. The third-order valence-corrected chi connectivity index (χ3v) is 3.79. The first-order valence-electron chi connectivity index (χ1n) is 5.80. The molecule has 0 bridgehead atoms. The highest BCUT2D eigenvalue weighted by atomic mass is 32.1. The van der Waals surface area contributed by atoms with Crippen molar-refractivity contribution in [2.24, 2.45) is 17.1 Å². The third kappa shape index (κ3) is 2.07. The number of amides is 1. The summed E-state index contributed by atoms with van der Waals surface area (Å²) in [6.07, 6.45) is 1.40.